The summed E-state index contributed by atoms with van der Waals surface area (Å²) < 4.78 is 0. The van der Waals surface area contributed by atoms with E-state index >= 15 is 0 Å². The van der Waals surface area contributed by atoms with Gasteiger partial charge in [0.05, 0.1) is 11.3 Å². The number of anilines is 1. The van der Waals surface area contributed by atoms with Crippen molar-refractivity contribution in [2.75, 3.05) is 25.0 Å². The number of amides is 3. The van der Waals surface area contributed by atoms with E-state index in [1.54, 1.807) is 58.3 Å². The van der Waals surface area contributed by atoms with E-state index in [0.29, 0.717) is 33.3 Å². The molecule has 4 rings (SSSR count). The maximum absolute atomic E-state index is 13.6. The van der Waals surface area contributed by atoms with Gasteiger partial charge in [-0.05, 0) is 60.0 Å². The average molecular weight is 526 g/mol. The van der Waals surface area contributed by atoms with Gasteiger partial charge >= 0.3 is 0 Å². The standard InChI is InChI=1S/C27H25Cl2N3O4/c1-17-15-31(27(36)25(34)19-4-9-22(29)10-5-19)12-13-32(17)26(35)23-14-20(6-11-24(23)30-16-33)18-2-7-21(28)8-3-18/h2-11,14,16-17,25,34H,12-13,15H2,1H3,(H,30,33). The van der Waals surface area contributed by atoms with Crippen LogP contribution in [0.2, 0.25) is 10.0 Å². The Bertz CT molecular complexity index is 1270. The van der Waals surface area contributed by atoms with E-state index < -0.39 is 12.0 Å². The van der Waals surface area contributed by atoms with Crippen LogP contribution in [0.25, 0.3) is 11.1 Å². The van der Waals surface area contributed by atoms with Crippen molar-refractivity contribution in [2.24, 2.45) is 0 Å². The summed E-state index contributed by atoms with van der Waals surface area (Å²) in [6.45, 7) is 2.67. The Morgan fingerprint density at radius 2 is 1.58 bits per heavy atom. The summed E-state index contributed by atoms with van der Waals surface area (Å²) in [5.41, 5.74) is 2.89. The van der Waals surface area contributed by atoms with Crippen LogP contribution in [0, 0.1) is 0 Å². The summed E-state index contributed by atoms with van der Waals surface area (Å²) in [5, 5.41) is 14.3. The second-order valence-electron chi connectivity index (χ2n) is 8.62. The van der Waals surface area contributed by atoms with Crippen molar-refractivity contribution in [3.05, 3.63) is 87.9 Å². The Kier molecular flexibility index (Phi) is 7.94. The molecule has 0 radical (unpaired) electrons. The zero-order chi connectivity index (χ0) is 25.8. The fourth-order valence-electron chi connectivity index (χ4n) is 4.31. The lowest BCUT2D eigenvalue weighted by molar-refractivity contribution is -0.143. The maximum atomic E-state index is 13.6. The first-order valence-electron chi connectivity index (χ1n) is 11.4. The number of piperazine rings is 1. The van der Waals surface area contributed by atoms with Gasteiger partial charge < -0.3 is 20.2 Å². The molecule has 0 aromatic heterocycles. The minimum atomic E-state index is -1.31. The summed E-state index contributed by atoms with van der Waals surface area (Å²) in [6, 6.07) is 18.7. The summed E-state index contributed by atoms with van der Waals surface area (Å²) >= 11 is 11.9. The number of carbonyl (C=O) groups is 3. The number of halogens is 2. The Hall–Kier alpha value is -3.39. The molecule has 0 bridgehead atoms. The lowest BCUT2D eigenvalue weighted by atomic mass is 10.00. The van der Waals surface area contributed by atoms with Crippen molar-refractivity contribution in [1.29, 1.82) is 0 Å². The predicted molar refractivity (Wildman–Crippen MR) is 140 cm³/mol. The molecule has 0 aliphatic carbocycles. The molecule has 3 aromatic rings. The monoisotopic (exact) mass is 525 g/mol. The first-order valence-corrected chi connectivity index (χ1v) is 12.2. The highest BCUT2D eigenvalue weighted by Gasteiger charge is 2.33. The van der Waals surface area contributed by atoms with Crippen LogP contribution in [0.4, 0.5) is 5.69 Å². The van der Waals surface area contributed by atoms with Gasteiger partial charge in [0.1, 0.15) is 0 Å². The molecular formula is C27H25Cl2N3O4. The van der Waals surface area contributed by atoms with Crippen LogP contribution in [0.15, 0.2) is 66.7 Å². The molecule has 0 saturated carbocycles. The summed E-state index contributed by atoms with van der Waals surface area (Å²) in [4.78, 5) is 40.9. The van der Waals surface area contributed by atoms with Crippen LogP contribution in [0.1, 0.15) is 28.9 Å². The SMILES string of the molecule is CC1CN(C(=O)C(O)c2ccc(Cl)cc2)CCN1C(=O)c1cc(-c2ccc(Cl)cc2)ccc1NC=O. The van der Waals surface area contributed by atoms with Gasteiger partial charge in [-0.2, -0.15) is 0 Å². The summed E-state index contributed by atoms with van der Waals surface area (Å²) in [7, 11) is 0. The van der Waals surface area contributed by atoms with Gasteiger partial charge in [-0.1, -0.05) is 53.5 Å². The maximum Gasteiger partial charge on any atom is 0.256 e. The molecule has 1 heterocycles. The van der Waals surface area contributed by atoms with Crippen molar-refractivity contribution < 1.29 is 19.5 Å². The molecule has 3 amide bonds. The average Bonchev–Trinajstić information content (AvgIpc) is 2.89. The van der Waals surface area contributed by atoms with Crippen LogP contribution in [-0.2, 0) is 9.59 Å². The topological polar surface area (TPSA) is 90.0 Å². The molecule has 2 N–H and O–H groups in total. The largest absolute Gasteiger partial charge is 0.378 e. The molecule has 1 fully saturated rings. The van der Waals surface area contributed by atoms with Gasteiger partial charge in [0.25, 0.3) is 11.8 Å². The Labute approximate surface area is 219 Å². The van der Waals surface area contributed by atoms with Gasteiger partial charge in [-0.15, -0.1) is 0 Å². The zero-order valence-corrected chi connectivity index (χ0v) is 21.0. The molecule has 1 aliphatic heterocycles. The van der Waals surface area contributed by atoms with Crippen LogP contribution in [-0.4, -0.2) is 58.8 Å². The first-order chi connectivity index (χ1) is 17.3. The third-order valence-corrected chi connectivity index (χ3v) is 6.77. The van der Waals surface area contributed by atoms with E-state index in [9.17, 15) is 19.5 Å². The predicted octanol–water partition coefficient (Wildman–Crippen LogP) is 4.64. The number of aliphatic hydroxyl groups excluding tert-OH is 1. The Morgan fingerprint density at radius 3 is 2.19 bits per heavy atom. The number of carbonyl (C=O) groups excluding carboxylic acids is 3. The molecule has 1 saturated heterocycles. The van der Waals surface area contributed by atoms with Crippen LogP contribution >= 0.6 is 23.2 Å². The van der Waals surface area contributed by atoms with E-state index in [4.69, 9.17) is 23.2 Å². The van der Waals surface area contributed by atoms with E-state index in [0.717, 1.165) is 11.1 Å². The number of aliphatic hydroxyl groups is 1. The van der Waals surface area contributed by atoms with E-state index in [1.165, 1.54) is 0 Å². The number of hydrogen-bond donors (Lipinski definition) is 2. The Morgan fingerprint density at radius 1 is 0.972 bits per heavy atom. The quantitative estimate of drug-likeness (QED) is 0.459. The molecule has 9 heteroatoms. The number of rotatable bonds is 6. The second kappa shape index (κ2) is 11.1. The first kappa shape index (κ1) is 25.7. The number of hydrogen-bond acceptors (Lipinski definition) is 4. The minimum Gasteiger partial charge on any atom is -0.378 e. The third-order valence-electron chi connectivity index (χ3n) is 6.26. The number of nitrogens with zero attached hydrogens (tertiary/aromatic N) is 2. The highest BCUT2D eigenvalue weighted by Crippen LogP contribution is 2.29. The van der Waals surface area contributed by atoms with Crippen molar-refractivity contribution in [2.45, 2.75) is 19.1 Å². The molecule has 2 atom stereocenters. The fourth-order valence-corrected chi connectivity index (χ4v) is 4.56. The lowest BCUT2D eigenvalue weighted by Crippen LogP contribution is -2.56. The van der Waals surface area contributed by atoms with Crippen molar-refractivity contribution in [3.63, 3.8) is 0 Å². The molecule has 3 aromatic carbocycles. The number of nitrogens with one attached hydrogen (secondary N) is 1. The van der Waals surface area contributed by atoms with Crippen LogP contribution in [0.5, 0.6) is 0 Å². The van der Waals surface area contributed by atoms with Crippen LogP contribution < -0.4 is 5.32 Å². The van der Waals surface area contributed by atoms with Crippen molar-refractivity contribution >= 4 is 47.1 Å². The highest BCUT2D eigenvalue weighted by molar-refractivity contribution is 6.30. The summed E-state index contributed by atoms with van der Waals surface area (Å²) in [5.74, 6) is -0.683. The molecule has 0 spiro atoms. The number of benzene rings is 3. The molecule has 1 aliphatic rings. The normalized spacial score (nSPS) is 16.4. The molecule has 7 nitrogen and oxygen atoms in total. The van der Waals surface area contributed by atoms with Crippen molar-refractivity contribution in [3.8, 4) is 11.1 Å². The van der Waals surface area contributed by atoms with Crippen molar-refractivity contribution in [1.82, 2.24) is 9.80 Å². The van der Waals surface area contributed by atoms with E-state index in [2.05, 4.69) is 5.32 Å². The molecule has 2 unspecified atom stereocenters. The van der Waals surface area contributed by atoms with Gasteiger partial charge in [0.2, 0.25) is 6.41 Å². The fraction of sp³-hybridized carbons (Fsp3) is 0.222. The highest BCUT2D eigenvalue weighted by atomic mass is 35.5. The molecular weight excluding hydrogens is 501 g/mol. The van der Waals surface area contributed by atoms with Gasteiger partial charge in [-0.25, -0.2) is 0 Å². The minimum absolute atomic E-state index is 0.256. The third kappa shape index (κ3) is 5.54. The van der Waals surface area contributed by atoms with Gasteiger partial charge in [-0.3, -0.25) is 14.4 Å². The van der Waals surface area contributed by atoms with E-state index in [-0.39, 0.29) is 31.6 Å². The lowest BCUT2D eigenvalue weighted by Gasteiger charge is -2.40. The zero-order valence-electron chi connectivity index (χ0n) is 19.5. The smallest absolute Gasteiger partial charge is 0.256 e. The van der Waals surface area contributed by atoms with Crippen LogP contribution in [0.3, 0.4) is 0 Å². The van der Waals surface area contributed by atoms with E-state index in [1.807, 2.05) is 25.1 Å². The summed E-state index contributed by atoms with van der Waals surface area (Å²) in [6.07, 6.45) is -0.775. The van der Waals surface area contributed by atoms with Gasteiger partial charge in [0, 0.05) is 35.7 Å². The molecule has 36 heavy (non-hydrogen) atoms. The second-order valence-corrected chi connectivity index (χ2v) is 9.49. The van der Waals surface area contributed by atoms with Gasteiger partial charge in [0.15, 0.2) is 6.10 Å². The Balaban J connectivity index is 1.52. The molecule has 186 valence electrons.